The SMILES string of the molecule is COC(=O)c1c(F)cc(C#CC2CCCCC2)cc1F. The largest absolute Gasteiger partial charge is 0.465 e. The third-order valence-electron chi connectivity index (χ3n) is 3.46. The highest BCUT2D eigenvalue weighted by atomic mass is 19.1. The first-order valence-corrected chi connectivity index (χ1v) is 6.70. The van der Waals surface area contributed by atoms with Crippen molar-refractivity contribution in [2.75, 3.05) is 7.11 Å². The lowest BCUT2D eigenvalue weighted by Crippen LogP contribution is -2.08. The third kappa shape index (κ3) is 3.36. The summed E-state index contributed by atoms with van der Waals surface area (Å²) in [6, 6.07) is 2.15. The lowest BCUT2D eigenvalue weighted by molar-refractivity contribution is 0.0590. The minimum absolute atomic E-state index is 0.248. The van der Waals surface area contributed by atoms with Crippen LogP contribution in [0.3, 0.4) is 0 Å². The van der Waals surface area contributed by atoms with Crippen LogP contribution in [0.2, 0.25) is 0 Å². The molecule has 106 valence electrons. The Balaban J connectivity index is 2.22. The van der Waals surface area contributed by atoms with Crippen LogP contribution in [0.15, 0.2) is 12.1 Å². The number of benzene rings is 1. The zero-order valence-electron chi connectivity index (χ0n) is 11.3. The van der Waals surface area contributed by atoms with E-state index in [9.17, 15) is 13.6 Å². The molecule has 4 heteroatoms. The molecule has 0 N–H and O–H groups in total. The van der Waals surface area contributed by atoms with Gasteiger partial charge in [0.15, 0.2) is 0 Å². The fourth-order valence-electron chi connectivity index (χ4n) is 2.37. The number of carbonyl (C=O) groups is 1. The van der Waals surface area contributed by atoms with Crippen molar-refractivity contribution >= 4 is 5.97 Å². The molecule has 0 amide bonds. The van der Waals surface area contributed by atoms with E-state index >= 15 is 0 Å². The number of ether oxygens (including phenoxy) is 1. The maximum Gasteiger partial charge on any atom is 0.343 e. The van der Waals surface area contributed by atoms with E-state index in [2.05, 4.69) is 16.6 Å². The first-order valence-electron chi connectivity index (χ1n) is 6.70. The minimum atomic E-state index is -1.02. The molecule has 2 nitrogen and oxygen atoms in total. The molecule has 20 heavy (non-hydrogen) atoms. The number of carbonyl (C=O) groups excluding carboxylic acids is 1. The van der Waals surface area contributed by atoms with Gasteiger partial charge in [-0.25, -0.2) is 13.6 Å². The molecule has 0 spiro atoms. The van der Waals surface area contributed by atoms with Crippen LogP contribution in [0.25, 0.3) is 0 Å². The molecular formula is C16H16F2O2. The molecule has 1 saturated carbocycles. The fraction of sp³-hybridized carbons (Fsp3) is 0.438. The summed E-state index contributed by atoms with van der Waals surface area (Å²) in [6.45, 7) is 0. The van der Waals surface area contributed by atoms with E-state index in [1.54, 1.807) is 0 Å². The zero-order chi connectivity index (χ0) is 14.5. The molecular weight excluding hydrogens is 262 g/mol. The average molecular weight is 278 g/mol. The van der Waals surface area contributed by atoms with Crippen molar-refractivity contribution in [1.82, 2.24) is 0 Å². The van der Waals surface area contributed by atoms with Crippen LogP contribution >= 0.6 is 0 Å². The quantitative estimate of drug-likeness (QED) is 0.578. The molecule has 1 aliphatic carbocycles. The molecule has 1 aromatic carbocycles. The summed E-state index contributed by atoms with van der Waals surface area (Å²) in [5.41, 5.74) is -0.422. The Morgan fingerprint density at radius 2 is 1.80 bits per heavy atom. The van der Waals surface area contributed by atoms with Crippen molar-refractivity contribution in [2.45, 2.75) is 32.1 Å². The van der Waals surface area contributed by atoms with Crippen molar-refractivity contribution in [2.24, 2.45) is 5.92 Å². The van der Waals surface area contributed by atoms with Gasteiger partial charge in [-0.15, -0.1) is 0 Å². The number of halogens is 2. The predicted molar refractivity (Wildman–Crippen MR) is 71.2 cm³/mol. The molecule has 0 saturated heterocycles. The molecule has 1 aromatic rings. The lowest BCUT2D eigenvalue weighted by Gasteiger charge is -2.15. The van der Waals surface area contributed by atoms with E-state index in [4.69, 9.17) is 0 Å². The van der Waals surface area contributed by atoms with Gasteiger partial charge in [0.05, 0.1) is 7.11 Å². The summed E-state index contributed by atoms with van der Waals surface area (Å²) < 4.78 is 31.7. The highest BCUT2D eigenvalue weighted by Crippen LogP contribution is 2.23. The van der Waals surface area contributed by atoms with Gasteiger partial charge in [-0.05, 0) is 25.0 Å². The van der Waals surface area contributed by atoms with Crippen LogP contribution in [0, 0.1) is 29.4 Å². The molecule has 0 unspecified atom stereocenters. The van der Waals surface area contributed by atoms with Crippen molar-refractivity contribution in [1.29, 1.82) is 0 Å². The van der Waals surface area contributed by atoms with Crippen molar-refractivity contribution in [3.05, 3.63) is 34.9 Å². The van der Waals surface area contributed by atoms with Crippen LogP contribution < -0.4 is 0 Å². The Morgan fingerprint density at radius 3 is 2.35 bits per heavy atom. The van der Waals surface area contributed by atoms with Crippen LogP contribution in [0.4, 0.5) is 8.78 Å². The fourth-order valence-corrected chi connectivity index (χ4v) is 2.37. The minimum Gasteiger partial charge on any atom is -0.465 e. The standard InChI is InChI=1S/C16H16F2O2/c1-20-16(19)15-13(17)9-12(10-14(15)18)8-7-11-5-3-2-4-6-11/h9-11H,2-6H2,1H3. The second-order valence-corrected chi connectivity index (χ2v) is 4.91. The molecule has 2 rings (SSSR count). The summed E-state index contributed by atoms with van der Waals surface area (Å²) >= 11 is 0. The number of methoxy groups -OCH3 is 1. The third-order valence-corrected chi connectivity index (χ3v) is 3.46. The van der Waals surface area contributed by atoms with Gasteiger partial charge in [-0.2, -0.15) is 0 Å². The van der Waals surface area contributed by atoms with Gasteiger partial charge in [-0.3, -0.25) is 0 Å². The Labute approximate surface area is 117 Å². The summed E-state index contributed by atoms with van der Waals surface area (Å²) in [6.07, 6.45) is 5.62. The molecule has 0 atom stereocenters. The number of esters is 1. The molecule has 0 bridgehead atoms. The van der Waals surface area contributed by atoms with Crippen LogP contribution in [0.1, 0.15) is 48.0 Å². The summed E-state index contributed by atoms with van der Waals surface area (Å²) in [5, 5.41) is 0. The Bertz CT molecular complexity index is 541. The zero-order valence-corrected chi connectivity index (χ0v) is 11.3. The van der Waals surface area contributed by atoms with Gasteiger partial charge in [0.1, 0.15) is 17.2 Å². The number of rotatable bonds is 1. The smallest absolute Gasteiger partial charge is 0.343 e. The summed E-state index contributed by atoms with van der Waals surface area (Å²) in [5.74, 6) is 3.25. The Hall–Kier alpha value is -1.89. The number of hydrogen-bond acceptors (Lipinski definition) is 2. The first kappa shape index (κ1) is 14.5. The second-order valence-electron chi connectivity index (χ2n) is 4.91. The molecule has 0 heterocycles. The van der Waals surface area contributed by atoms with Crippen molar-refractivity contribution in [3.63, 3.8) is 0 Å². The van der Waals surface area contributed by atoms with Crippen molar-refractivity contribution < 1.29 is 18.3 Å². The van der Waals surface area contributed by atoms with Crippen LogP contribution in [0.5, 0.6) is 0 Å². The predicted octanol–water partition coefficient (Wildman–Crippen LogP) is 3.68. The van der Waals surface area contributed by atoms with Crippen LogP contribution in [-0.4, -0.2) is 13.1 Å². The van der Waals surface area contributed by atoms with Crippen molar-refractivity contribution in [3.8, 4) is 11.8 Å². The van der Waals surface area contributed by atoms with E-state index in [1.807, 2.05) is 0 Å². The van der Waals surface area contributed by atoms with E-state index in [1.165, 1.54) is 6.42 Å². The topological polar surface area (TPSA) is 26.3 Å². The van der Waals surface area contributed by atoms with Gasteiger partial charge in [0.25, 0.3) is 0 Å². The molecule has 1 fully saturated rings. The van der Waals surface area contributed by atoms with Gasteiger partial charge < -0.3 is 4.74 Å². The van der Waals surface area contributed by atoms with Gasteiger partial charge >= 0.3 is 5.97 Å². The van der Waals surface area contributed by atoms with E-state index in [0.717, 1.165) is 44.9 Å². The normalized spacial score (nSPS) is 15.3. The van der Waals surface area contributed by atoms with E-state index in [-0.39, 0.29) is 5.56 Å². The highest BCUT2D eigenvalue weighted by Gasteiger charge is 2.19. The maximum atomic E-state index is 13.7. The number of hydrogen-bond donors (Lipinski definition) is 0. The first-order chi connectivity index (χ1) is 9.61. The van der Waals surface area contributed by atoms with Gasteiger partial charge in [-0.1, -0.05) is 31.1 Å². The summed E-state index contributed by atoms with van der Waals surface area (Å²) in [7, 11) is 1.08. The van der Waals surface area contributed by atoms with E-state index in [0.29, 0.717) is 5.92 Å². The van der Waals surface area contributed by atoms with Crippen LogP contribution in [-0.2, 0) is 4.74 Å². The monoisotopic (exact) mass is 278 g/mol. The van der Waals surface area contributed by atoms with Gasteiger partial charge in [0.2, 0.25) is 0 Å². The second kappa shape index (κ2) is 6.51. The molecule has 0 radical (unpaired) electrons. The Morgan fingerprint density at radius 1 is 1.20 bits per heavy atom. The highest BCUT2D eigenvalue weighted by molar-refractivity contribution is 5.90. The molecule has 1 aliphatic rings. The average Bonchev–Trinajstić information content (AvgIpc) is 2.45. The molecule has 0 aromatic heterocycles. The maximum absolute atomic E-state index is 13.7. The Kier molecular flexibility index (Phi) is 4.73. The van der Waals surface area contributed by atoms with E-state index < -0.39 is 23.2 Å². The lowest BCUT2D eigenvalue weighted by atomic mass is 9.89. The van der Waals surface area contributed by atoms with Gasteiger partial charge in [0, 0.05) is 11.5 Å². The summed E-state index contributed by atoms with van der Waals surface area (Å²) in [4.78, 5) is 11.2. The molecule has 0 aliphatic heterocycles.